The van der Waals surface area contributed by atoms with Crippen LogP contribution in [-0.2, 0) is 16.6 Å². The van der Waals surface area contributed by atoms with Crippen LogP contribution in [-0.4, -0.2) is 32.8 Å². The SMILES string of the molecule is CC(C)C(NC(=O)/C=C/c1ccnn1C)C(=O)O. The first-order valence-electron chi connectivity index (χ1n) is 5.61. The molecule has 0 radical (unpaired) electrons. The Morgan fingerprint density at radius 3 is 2.61 bits per heavy atom. The van der Waals surface area contributed by atoms with Gasteiger partial charge in [-0.1, -0.05) is 13.8 Å². The van der Waals surface area contributed by atoms with E-state index < -0.39 is 17.9 Å². The van der Waals surface area contributed by atoms with Crippen molar-refractivity contribution < 1.29 is 14.7 Å². The second-order valence-corrected chi connectivity index (χ2v) is 4.28. The molecule has 0 aliphatic rings. The van der Waals surface area contributed by atoms with Gasteiger partial charge in [0.15, 0.2) is 0 Å². The summed E-state index contributed by atoms with van der Waals surface area (Å²) in [7, 11) is 1.76. The zero-order chi connectivity index (χ0) is 13.7. The van der Waals surface area contributed by atoms with Gasteiger partial charge in [-0.2, -0.15) is 5.10 Å². The highest BCUT2D eigenvalue weighted by molar-refractivity contribution is 5.94. The van der Waals surface area contributed by atoms with Crippen molar-refractivity contribution in [3.05, 3.63) is 24.0 Å². The number of aryl methyl sites for hydroxylation is 1. The van der Waals surface area contributed by atoms with Gasteiger partial charge < -0.3 is 10.4 Å². The molecule has 0 fully saturated rings. The number of carbonyl (C=O) groups is 2. The Kier molecular flexibility index (Phi) is 4.65. The normalized spacial score (nSPS) is 12.9. The number of amides is 1. The van der Waals surface area contributed by atoms with Gasteiger partial charge in [-0.25, -0.2) is 4.79 Å². The van der Waals surface area contributed by atoms with Crippen LogP contribution in [0.5, 0.6) is 0 Å². The number of carbonyl (C=O) groups excluding carboxylic acids is 1. The molecule has 1 atom stereocenters. The average molecular weight is 251 g/mol. The Morgan fingerprint density at radius 1 is 1.50 bits per heavy atom. The van der Waals surface area contributed by atoms with E-state index in [0.717, 1.165) is 5.69 Å². The zero-order valence-electron chi connectivity index (χ0n) is 10.6. The van der Waals surface area contributed by atoms with E-state index in [1.807, 2.05) is 0 Å². The third kappa shape index (κ3) is 3.73. The topological polar surface area (TPSA) is 84.2 Å². The Morgan fingerprint density at radius 2 is 2.17 bits per heavy atom. The first-order valence-corrected chi connectivity index (χ1v) is 5.61. The van der Waals surface area contributed by atoms with E-state index in [-0.39, 0.29) is 5.92 Å². The smallest absolute Gasteiger partial charge is 0.326 e. The van der Waals surface area contributed by atoms with Gasteiger partial charge in [-0.3, -0.25) is 9.48 Å². The molecule has 0 aliphatic heterocycles. The van der Waals surface area contributed by atoms with Crippen LogP contribution in [0.1, 0.15) is 19.5 Å². The van der Waals surface area contributed by atoms with Crippen LogP contribution in [0.15, 0.2) is 18.3 Å². The quantitative estimate of drug-likeness (QED) is 0.753. The summed E-state index contributed by atoms with van der Waals surface area (Å²) in [5.74, 6) is -1.64. The molecule has 1 rings (SSSR count). The molecule has 0 saturated heterocycles. The van der Waals surface area contributed by atoms with Crippen LogP contribution in [0.25, 0.3) is 6.08 Å². The summed E-state index contributed by atoms with van der Waals surface area (Å²) in [6.07, 6.45) is 4.50. The van der Waals surface area contributed by atoms with Crippen molar-refractivity contribution in [2.24, 2.45) is 13.0 Å². The predicted octanol–water partition coefficient (Wildman–Crippen LogP) is 0.659. The summed E-state index contributed by atoms with van der Waals surface area (Å²) in [5.41, 5.74) is 0.765. The molecule has 1 aromatic rings. The fourth-order valence-corrected chi connectivity index (χ4v) is 1.42. The number of aliphatic carboxylic acids is 1. The van der Waals surface area contributed by atoms with E-state index in [0.29, 0.717) is 0 Å². The lowest BCUT2D eigenvalue weighted by molar-refractivity contribution is -0.142. The molecule has 1 aromatic heterocycles. The summed E-state index contributed by atoms with van der Waals surface area (Å²) >= 11 is 0. The number of carboxylic acid groups (broad SMARTS) is 1. The van der Waals surface area contributed by atoms with Gasteiger partial charge in [-0.15, -0.1) is 0 Å². The number of hydrogen-bond donors (Lipinski definition) is 2. The molecule has 1 unspecified atom stereocenters. The van der Waals surface area contributed by atoms with Gasteiger partial charge in [0.2, 0.25) is 5.91 Å². The van der Waals surface area contributed by atoms with Crippen molar-refractivity contribution in [2.45, 2.75) is 19.9 Å². The molecular weight excluding hydrogens is 234 g/mol. The maximum atomic E-state index is 11.6. The second-order valence-electron chi connectivity index (χ2n) is 4.28. The van der Waals surface area contributed by atoms with E-state index in [1.54, 1.807) is 43.9 Å². The summed E-state index contributed by atoms with van der Waals surface area (Å²) in [6, 6.07) is 0.870. The average Bonchev–Trinajstić information content (AvgIpc) is 2.68. The van der Waals surface area contributed by atoms with E-state index in [4.69, 9.17) is 5.11 Å². The number of hydrogen-bond acceptors (Lipinski definition) is 3. The molecule has 0 spiro atoms. The number of aromatic nitrogens is 2. The summed E-state index contributed by atoms with van der Waals surface area (Å²) in [6.45, 7) is 3.48. The van der Waals surface area contributed by atoms with Crippen molar-refractivity contribution >= 4 is 18.0 Å². The van der Waals surface area contributed by atoms with Gasteiger partial charge in [0.1, 0.15) is 6.04 Å². The van der Waals surface area contributed by atoms with E-state index in [1.165, 1.54) is 6.08 Å². The molecule has 6 heteroatoms. The largest absolute Gasteiger partial charge is 0.480 e. The van der Waals surface area contributed by atoms with Gasteiger partial charge in [0.05, 0.1) is 5.69 Å². The van der Waals surface area contributed by atoms with Crippen molar-refractivity contribution in [3.8, 4) is 0 Å². The molecule has 2 N–H and O–H groups in total. The van der Waals surface area contributed by atoms with E-state index in [9.17, 15) is 9.59 Å². The van der Waals surface area contributed by atoms with Crippen LogP contribution in [0.2, 0.25) is 0 Å². The molecule has 0 aliphatic carbocycles. The lowest BCUT2D eigenvalue weighted by Crippen LogP contribution is -2.43. The third-order valence-electron chi connectivity index (χ3n) is 2.49. The van der Waals surface area contributed by atoms with Gasteiger partial charge in [0.25, 0.3) is 0 Å². The molecule has 1 amide bonds. The Bertz CT molecular complexity index is 463. The minimum atomic E-state index is -1.03. The first-order chi connectivity index (χ1) is 8.41. The highest BCUT2D eigenvalue weighted by Gasteiger charge is 2.22. The predicted molar refractivity (Wildman–Crippen MR) is 66.6 cm³/mol. The highest BCUT2D eigenvalue weighted by Crippen LogP contribution is 2.03. The zero-order valence-corrected chi connectivity index (χ0v) is 10.6. The van der Waals surface area contributed by atoms with Crippen molar-refractivity contribution in [1.29, 1.82) is 0 Å². The first kappa shape index (κ1) is 14.0. The maximum absolute atomic E-state index is 11.6. The lowest BCUT2D eigenvalue weighted by atomic mass is 10.0. The molecule has 0 aromatic carbocycles. The second kappa shape index (κ2) is 6.00. The Balaban J connectivity index is 2.64. The minimum Gasteiger partial charge on any atom is -0.480 e. The summed E-state index contributed by atoms with van der Waals surface area (Å²) < 4.78 is 1.61. The van der Waals surface area contributed by atoms with Crippen LogP contribution in [0, 0.1) is 5.92 Å². The van der Waals surface area contributed by atoms with Crippen LogP contribution in [0.3, 0.4) is 0 Å². The molecule has 98 valence electrons. The number of nitrogens with zero attached hydrogens (tertiary/aromatic N) is 2. The maximum Gasteiger partial charge on any atom is 0.326 e. The van der Waals surface area contributed by atoms with Crippen molar-refractivity contribution in [2.75, 3.05) is 0 Å². The Labute approximate surface area is 105 Å². The van der Waals surface area contributed by atoms with Gasteiger partial charge in [0, 0.05) is 19.3 Å². The molecule has 18 heavy (non-hydrogen) atoms. The third-order valence-corrected chi connectivity index (χ3v) is 2.49. The molecular formula is C12H17N3O3. The number of nitrogens with one attached hydrogen (secondary N) is 1. The standard InChI is InChI=1S/C12H17N3O3/c1-8(2)11(12(17)18)14-10(16)5-4-9-6-7-13-15(9)3/h4-8,11H,1-3H3,(H,14,16)(H,17,18)/b5-4+. The molecule has 6 nitrogen and oxygen atoms in total. The van der Waals surface area contributed by atoms with Gasteiger partial charge in [-0.05, 0) is 18.1 Å². The highest BCUT2D eigenvalue weighted by atomic mass is 16.4. The van der Waals surface area contributed by atoms with Crippen LogP contribution in [0.4, 0.5) is 0 Å². The van der Waals surface area contributed by atoms with E-state index >= 15 is 0 Å². The van der Waals surface area contributed by atoms with E-state index in [2.05, 4.69) is 10.4 Å². The molecule has 1 heterocycles. The van der Waals surface area contributed by atoms with Crippen molar-refractivity contribution in [1.82, 2.24) is 15.1 Å². The molecule has 0 saturated carbocycles. The fourth-order valence-electron chi connectivity index (χ4n) is 1.42. The lowest BCUT2D eigenvalue weighted by Gasteiger charge is -2.16. The molecule has 0 bridgehead atoms. The van der Waals surface area contributed by atoms with Crippen molar-refractivity contribution in [3.63, 3.8) is 0 Å². The number of rotatable bonds is 5. The van der Waals surface area contributed by atoms with Crippen LogP contribution < -0.4 is 5.32 Å². The summed E-state index contributed by atoms with van der Waals surface area (Å²) in [4.78, 5) is 22.5. The number of carboxylic acids is 1. The van der Waals surface area contributed by atoms with Gasteiger partial charge >= 0.3 is 5.97 Å². The monoisotopic (exact) mass is 251 g/mol. The minimum absolute atomic E-state index is 0.170. The Hall–Kier alpha value is -2.11. The fraction of sp³-hybridized carbons (Fsp3) is 0.417. The summed E-state index contributed by atoms with van der Waals surface area (Å²) in [5, 5.41) is 15.3. The van der Waals surface area contributed by atoms with Crippen LogP contribution >= 0.6 is 0 Å².